The molecule has 0 aromatic carbocycles. The first kappa shape index (κ1) is 64.5. The molecule has 0 aromatic heterocycles. The zero-order chi connectivity index (χ0) is 50.0. The molecular weight excluding hydrogens is 853 g/mol. The Hall–Kier alpha value is -4.45. The number of esters is 3. The molecular formula is C63H100O6. The van der Waals surface area contributed by atoms with Gasteiger partial charge in [0.1, 0.15) is 13.2 Å². The lowest BCUT2D eigenvalue weighted by Gasteiger charge is -2.18. The van der Waals surface area contributed by atoms with E-state index in [9.17, 15) is 14.4 Å². The van der Waals surface area contributed by atoms with E-state index >= 15 is 0 Å². The van der Waals surface area contributed by atoms with Gasteiger partial charge in [-0.25, -0.2) is 0 Å². The van der Waals surface area contributed by atoms with Crippen LogP contribution in [0.25, 0.3) is 0 Å². The molecule has 0 aliphatic carbocycles. The van der Waals surface area contributed by atoms with Crippen molar-refractivity contribution in [3.63, 3.8) is 0 Å². The van der Waals surface area contributed by atoms with E-state index in [1.165, 1.54) is 77.0 Å². The number of unbranched alkanes of at least 4 members (excludes halogenated alkanes) is 15. The summed E-state index contributed by atoms with van der Waals surface area (Å²) in [6.45, 7) is 6.29. The van der Waals surface area contributed by atoms with Gasteiger partial charge in [0.05, 0.1) is 0 Å². The third kappa shape index (κ3) is 54.4. The summed E-state index contributed by atoms with van der Waals surface area (Å²) in [5, 5.41) is 0. The van der Waals surface area contributed by atoms with Crippen molar-refractivity contribution in [3.8, 4) is 0 Å². The Bertz CT molecular complexity index is 1510. The van der Waals surface area contributed by atoms with Crippen LogP contribution in [-0.2, 0) is 28.6 Å². The standard InChI is InChI=1S/C63H100O6/c1-4-7-10-13-16-19-22-25-28-30-31-33-35-38-41-44-47-50-53-56-62(65)68-59-60(58-67-61(64)55-52-49-46-43-40-37-34-27-24-21-18-15-12-9-6-3)69-63(66)57-54-51-48-45-42-39-36-32-29-26-23-20-17-14-11-8-5-2/h7-8,10-11,16-17,19-20,25-26,28-29,31,33,36,38-39,41,45,47-48,50,60H,4-6,9,12-15,18,21-24,27,30,32,34-35,37,40,42-44,46,49,51-59H2,1-3H3/b10-7-,11-8-,19-16-,20-17-,28-25-,29-26-,33-31-,39-36-,41-38-,48-45-,50-47-. The van der Waals surface area contributed by atoms with Gasteiger partial charge in [-0.15, -0.1) is 0 Å². The number of hydrogen-bond acceptors (Lipinski definition) is 6. The van der Waals surface area contributed by atoms with E-state index in [1.807, 2.05) is 12.2 Å². The number of carbonyl (C=O) groups is 3. The fourth-order valence-electron chi connectivity index (χ4n) is 7.09. The van der Waals surface area contributed by atoms with E-state index in [2.05, 4.69) is 142 Å². The SMILES string of the molecule is CC/C=C\C/C=C\C/C=C\C/C=C\C/C=C\C/C=C\CCC(=O)OCC(COC(=O)CCCCCCCCCCCCCCCCC)OC(=O)CCC/C=C\C/C=C\C/C=C\C/C=C\C/C=C\CC. The summed E-state index contributed by atoms with van der Waals surface area (Å²) in [7, 11) is 0. The molecule has 0 N–H and O–H groups in total. The topological polar surface area (TPSA) is 78.9 Å². The molecule has 0 aliphatic rings. The molecule has 1 unspecified atom stereocenters. The summed E-state index contributed by atoms with van der Waals surface area (Å²) in [5.74, 6) is -1.08. The van der Waals surface area contributed by atoms with E-state index in [-0.39, 0.29) is 44.0 Å². The molecule has 0 heterocycles. The highest BCUT2D eigenvalue weighted by molar-refractivity contribution is 5.71. The van der Waals surface area contributed by atoms with Crippen LogP contribution in [0.1, 0.15) is 226 Å². The van der Waals surface area contributed by atoms with Crippen molar-refractivity contribution in [1.82, 2.24) is 0 Å². The van der Waals surface area contributed by atoms with Gasteiger partial charge in [0.25, 0.3) is 0 Å². The first-order valence-corrected chi connectivity index (χ1v) is 27.7. The van der Waals surface area contributed by atoms with Gasteiger partial charge in [-0.2, -0.15) is 0 Å². The zero-order valence-electron chi connectivity index (χ0n) is 44.3. The molecule has 1 atom stereocenters. The molecule has 6 heteroatoms. The highest BCUT2D eigenvalue weighted by Gasteiger charge is 2.19. The summed E-state index contributed by atoms with van der Waals surface area (Å²) < 4.78 is 16.7. The zero-order valence-corrected chi connectivity index (χ0v) is 44.3. The molecule has 0 aliphatic heterocycles. The smallest absolute Gasteiger partial charge is 0.306 e. The number of carbonyl (C=O) groups excluding carboxylic acids is 3. The minimum atomic E-state index is -0.842. The molecule has 0 fully saturated rings. The Morgan fingerprint density at radius 3 is 0.957 bits per heavy atom. The molecule has 0 bridgehead atoms. The first-order chi connectivity index (χ1) is 34.0. The van der Waals surface area contributed by atoms with Crippen molar-refractivity contribution in [2.24, 2.45) is 0 Å². The van der Waals surface area contributed by atoms with E-state index in [4.69, 9.17) is 14.2 Å². The van der Waals surface area contributed by atoms with Gasteiger partial charge < -0.3 is 14.2 Å². The van der Waals surface area contributed by atoms with Gasteiger partial charge >= 0.3 is 17.9 Å². The van der Waals surface area contributed by atoms with Crippen LogP contribution < -0.4 is 0 Å². The van der Waals surface area contributed by atoms with Crippen LogP contribution >= 0.6 is 0 Å². The highest BCUT2D eigenvalue weighted by atomic mass is 16.6. The van der Waals surface area contributed by atoms with Crippen molar-refractivity contribution < 1.29 is 28.6 Å². The van der Waals surface area contributed by atoms with Crippen LogP contribution in [-0.4, -0.2) is 37.2 Å². The summed E-state index contributed by atoms with van der Waals surface area (Å²) >= 11 is 0. The van der Waals surface area contributed by atoms with Gasteiger partial charge in [0.2, 0.25) is 0 Å². The van der Waals surface area contributed by atoms with Crippen molar-refractivity contribution in [2.45, 2.75) is 232 Å². The molecule has 0 spiro atoms. The summed E-state index contributed by atoms with van der Waals surface area (Å²) in [4.78, 5) is 38.1. The van der Waals surface area contributed by atoms with Crippen molar-refractivity contribution in [1.29, 1.82) is 0 Å². The number of ether oxygens (including phenoxy) is 3. The largest absolute Gasteiger partial charge is 0.462 e. The number of allylic oxidation sites excluding steroid dienone is 22. The Balaban J connectivity index is 4.60. The molecule has 388 valence electrons. The molecule has 0 radical (unpaired) electrons. The maximum Gasteiger partial charge on any atom is 0.306 e. The Morgan fingerprint density at radius 2 is 0.594 bits per heavy atom. The molecule has 6 nitrogen and oxygen atoms in total. The quantitative estimate of drug-likeness (QED) is 0.0262. The maximum absolute atomic E-state index is 12.8. The molecule has 69 heavy (non-hydrogen) atoms. The van der Waals surface area contributed by atoms with E-state index in [0.29, 0.717) is 19.3 Å². The van der Waals surface area contributed by atoms with Crippen LogP contribution in [0.2, 0.25) is 0 Å². The van der Waals surface area contributed by atoms with Crippen molar-refractivity contribution >= 4 is 17.9 Å². The van der Waals surface area contributed by atoms with Crippen LogP contribution in [0.15, 0.2) is 134 Å². The average Bonchev–Trinajstić information content (AvgIpc) is 3.35. The maximum atomic E-state index is 12.8. The normalized spacial score (nSPS) is 13.1. The van der Waals surface area contributed by atoms with Gasteiger partial charge in [0.15, 0.2) is 6.10 Å². The van der Waals surface area contributed by atoms with Crippen LogP contribution in [0.4, 0.5) is 0 Å². The van der Waals surface area contributed by atoms with Gasteiger partial charge in [0, 0.05) is 19.3 Å². The third-order valence-electron chi connectivity index (χ3n) is 11.2. The molecule has 0 rings (SSSR count). The first-order valence-electron chi connectivity index (χ1n) is 27.7. The minimum absolute atomic E-state index is 0.126. The van der Waals surface area contributed by atoms with Crippen molar-refractivity contribution in [3.05, 3.63) is 134 Å². The molecule has 0 amide bonds. The number of hydrogen-bond donors (Lipinski definition) is 0. The summed E-state index contributed by atoms with van der Waals surface area (Å²) in [6, 6.07) is 0. The van der Waals surface area contributed by atoms with E-state index in [0.717, 1.165) is 96.3 Å². The Labute approximate surface area is 424 Å². The highest BCUT2D eigenvalue weighted by Crippen LogP contribution is 2.14. The number of rotatable bonds is 48. The molecule has 0 saturated carbocycles. The van der Waals surface area contributed by atoms with Gasteiger partial charge in [-0.3, -0.25) is 14.4 Å². The van der Waals surface area contributed by atoms with E-state index < -0.39 is 6.10 Å². The van der Waals surface area contributed by atoms with Gasteiger partial charge in [-0.05, 0) is 96.3 Å². The second kappa shape index (κ2) is 56.1. The lowest BCUT2D eigenvalue weighted by Crippen LogP contribution is -2.30. The minimum Gasteiger partial charge on any atom is -0.462 e. The summed E-state index contributed by atoms with van der Waals surface area (Å²) in [6.07, 6.45) is 78.8. The fraction of sp³-hybridized carbons (Fsp3) is 0.603. The third-order valence-corrected chi connectivity index (χ3v) is 11.2. The van der Waals surface area contributed by atoms with Crippen LogP contribution in [0, 0.1) is 0 Å². The summed E-state index contributed by atoms with van der Waals surface area (Å²) in [5.41, 5.74) is 0. The van der Waals surface area contributed by atoms with Crippen molar-refractivity contribution in [2.75, 3.05) is 13.2 Å². The second-order valence-electron chi connectivity index (χ2n) is 17.7. The van der Waals surface area contributed by atoms with Gasteiger partial charge in [-0.1, -0.05) is 244 Å². The lowest BCUT2D eigenvalue weighted by atomic mass is 10.0. The lowest BCUT2D eigenvalue weighted by molar-refractivity contribution is -0.166. The van der Waals surface area contributed by atoms with Crippen LogP contribution in [0.5, 0.6) is 0 Å². The second-order valence-corrected chi connectivity index (χ2v) is 17.7. The van der Waals surface area contributed by atoms with Crippen LogP contribution in [0.3, 0.4) is 0 Å². The Morgan fingerprint density at radius 1 is 0.304 bits per heavy atom. The molecule has 0 saturated heterocycles. The Kier molecular flexibility index (Phi) is 52.5. The van der Waals surface area contributed by atoms with E-state index in [1.54, 1.807) is 0 Å². The average molecular weight is 953 g/mol. The predicted octanol–water partition coefficient (Wildman–Crippen LogP) is 18.6. The molecule has 0 aromatic rings. The predicted molar refractivity (Wildman–Crippen MR) is 297 cm³/mol. The fourth-order valence-corrected chi connectivity index (χ4v) is 7.09. The monoisotopic (exact) mass is 953 g/mol.